The van der Waals surface area contributed by atoms with Crippen LogP contribution in [0.25, 0.3) is 0 Å². The third-order valence-corrected chi connectivity index (χ3v) is 4.61. The number of amides is 2. The minimum Gasteiger partial charge on any atom is -0.492 e. The van der Waals surface area contributed by atoms with Crippen LogP contribution in [0, 0.1) is 5.92 Å². The van der Waals surface area contributed by atoms with Crippen LogP contribution in [0.15, 0.2) is 45.3 Å². The molecule has 2 N–H and O–H groups in total. The summed E-state index contributed by atoms with van der Waals surface area (Å²) in [5, 5.41) is 0.368. The van der Waals surface area contributed by atoms with Crippen LogP contribution in [-0.2, 0) is 4.79 Å². The molecule has 0 saturated heterocycles. The molecule has 2 amide bonds. The molecule has 0 aromatic heterocycles. The van der Waals surface area contributed by atoms with Gasteiger partial charge in [0.1, 0.15) is 11.5 Å². The van der Waals surface area contributed by atoms with E-state index in [1.54, 1.807) is 36.4 Å². The van der Waals surface area contributed by atoms with Crippen LogP contribution < -0.4 is 20.3 Å². The van der Waals surface area contributed by atoms with Crippen LogP contribution in [0.3, 0.4) is 0 Å². The number of carbonyl (C=O) groups excluding carboxylic acids is 2. The number of nitrogens with one attached hydrogen (secondary N) is 2. The second kappa shape index (κ2) is 10.7. The van der Waals surface area contributed by atoms with Crippen LogP contribution in [0.4, 0.5) is 0 Å². The molecule has 2 aromatic rings. The molecule has 0 heterocycles. The number of carbonyl (C=O) groups is 2. The molecular formula is C19H19Br2ClN2O4. The average molecular weight is 535 g/mol. The van der Waals surface area contributed by atoms with E-state index in [1.807, 2.05) is 13.8 Å². The summed E-state index contributed by atoms with van der Waals surface area (Å²) in [4.78, 5) is 24.4. The fourth-order valence-corrected chi connectivity index (χ4v) is 3.12. The smallest absolute Gasteiger partial charge is 0.276 e. The quantitative estimate of drug-likeness (QED) is 0.503. The monoisotopic (exact) mass is 532 g/mol. The molecule has 0 unspecified atom stereocenters. The van der Waals surface area contributed by atoms with Gasteiger partial charge in [-0.1, -0.05) is 57.3 Å². The van der Waals surface area contributed by atoms with Crippen molar-refractivity contribution in [2.24, 2.45) is 5.92 Å². The zero-order chi connectivity index (χ0) is 20.7. The molecular weight excluding hydrogens is 515 g/mol. The maximum Gasteiger partial charge on any atom is 0.276 e. The third-order valence-electron chi connectivity index (χ3n) is 3.33. The Balaban J connectivity index is 1.92. The van der Waals surface area contributed by atoms with Gasteiger partial charge in [0.15, 0.2) is 6.61 Å². The molecule has 0 aliphatic heterocycles. The number of hydrazine groups is 1. The molecule has 2 aromatic carbocycles. The molecule has 0 bridgehead atoms. The van der Waals surface area contributed by atoms with Crippen LogP contribution in [0.1, 0.15) is 24.2 Å². The first kappa shape index (κ1) is 22.5. The lowest BCUT2D eigenvalue weighted by Crippen LogP contribution is -2.44. The summed E-state index contributed by atoms with van der Waals surface area (Å²) >= 11 is 12.6. The molecule has 0 saturated carbocycles. The van der Waals surface area contributed by atoms with Crippen molar-refractivity contribution in [1.29, 1.82) is 0 Å². The molecule has 28 heavy (non-hydrogen) atoms. The van der Waals surface area contributed by atoms with Gasteiger partial charge in [-0.2, -0.15) is 0 Å². The Morgan fingerprint density at radius 3 is 2.29 bits per heavy atom. The Morgan fingerprint density at radius 1 is 1.00 bits per heavy atom. The minimum atomic E-state index is -0.535. The molecule has 0 aliphatic carbocycles. The van der Waals surface area contributed by atoms with Gasteiger partial charge in [0.05, 0.1) is 17.2 Å². The summed E-state index contributed by atoms with van der Waals surface area (Å²) in [6.07, 6.45) is 0. The zero-order valence-electron chi connectivity index (χ0n) is 15.2. The van der Waals surface area contributed by atoms with Crippen molar-refractivity contribution in [3.8, 4) is 11.5 Å². The molecule has 0 atom stereocenters. The van der Waals surface area contributed by atoms with Crippen molar-refractivity contribution in [2.45, 2.75) is 13.8 Å². The Bertz CT molecular complexity index is 862. The highest BCUT2D eigenvalue weighted by Gasteiger charge is 2.15. The first-order valence-electron chi connectivity index (χ1n) is 8.35. The summed E-state index contributed by atoms with van der Waals surface area (Å²) < 4.78 is 12.5. The van der Waals surface area contributed by atoms with Gasteiger partial charge in [-0.15, -0.1) is 0 Å². The standard InChI is InChI=1S/C19H19Br2ClN2O4/c1-11(2)9-27-16-5-3-12(20)7-14(16)19(26)24-23-18(25)10-28-17-6-4-13(21)8-15(17)22/h3-8,11H,9-10H2,1-2H3,(H,23,25)(H,24,26). The van der Waals surface area contributed by atoms with Crippen LogP contribution in [-0.4, -0.2) is 25.0 Å². The summed E-state index contributed by atoms with van der Waals surface area (Å²) in [6, 6.07) is 10.1. The van der Waals surface area contributed by atoms with Crippen LogP contribution in [0.5, 0.6) is 11.5 Å². The van der Waals surface area contributed by atoms with E-state index in [1.165, 1.54) is 0 Å². The van der Waals surface area contributed by atoms with E-state index in [9.17, 15) is 9.59 Å². The van der Waals surface area contributed by atoms with Gasteiger partial charge in [0.25, 0.3) is 11.8 Å². The van der Waals surface area contributed by atoms with Crippen molar-refractivity contribution in [2.75, 3.05) is 13.2 Å². The van der Waals surface area contributed by atoms with Gasteiger partial charge >= 0.3 is 0 Å². The highest BCUT2D eigenvalue weighted by atomic mass is 79.9. The van der Waals surface area contributed by atoms with Crippen LogP contribution in [0.2, 0.25) is 5.02 Å². The number of hydrogen-bond donors (Lipinski definition) is 2. The fourth-order valence-electron chi connectivity index (χ4n) is 2.03. The first-order valence-corrected chi connectivity index (χ1v) is 10.3. The van der Waals surface area contributed by atoms with E-state index in [2.05, 4.69) is 42.7 Å². The Labute approximate surface area is 185 Å². The van der Waals surface area contributed by atoms with Gasteiger partial charge in [0.2, 0.25) is 0 Å². The van der Waals surface area contributed by atoms with Gasteiger partial charge in [0, 0.05) is 8.95 Å². The van der Waals surface area contributed by atoms with Crippen molar-refractivity contribution < 1.29 is 19.1 Å². The number of hydrogen-bond acceptors (Lipinski definition) is 4. The molecule has 150 valence electrons. The average Bonchev–Trinajstić information content (AvgIpc) is 2.64. The van der Waals surface area contributed by atoms with Crippen molar-refractivity contribution >= 4 is 55.3 Å². The Hall–Kier alpha value is -1.77. The maximum absolute atomic E-state index is 12.4. The van der Waals surface area contributed by atoms with Crippen molar-refractivity contribution in [3.05, 3.63) is 55.9 Å². The molecule has 0 radical (unpaired) electrons. The Morgan fingerprint density at radius 2 is 1.64 bits per heavy atom. The summed E-state index contributed by atoms with van der Waals surface area (Å²) in [5.74, 6) is 0.0631. The van der Waals surface area contributed by atoms with E-state index in [0.717, 1.165) is 4.47 Å². The van der Waals surface area contributed by atoms with Gasteiger partial charge in [-0.25, -0.2) is 0 Å². The van der Waals surface area contributed by atoms with Gasteiger partial charge < -0.3 is 9.47 Å². The molecule has 2 rings (SSSR count). The van der Waals surface area contributed by atoms with E-state index in [0.29, 0.717) is 39.1 Å². The molecule has 0 spiro atoms. The first-order chi connectivity index (χ1) is 13.3. The van der Waals surface area contributed by atoms with E-state index in [-0.39, 0.29) is 6.61 Å². The van der Waals surface area contributed by atoms with Crippen LogP contribution >= 0.6 is 43.5 Å². The summed E-state index contributed by atoms with van der Waals surface area (Å²) in [5.41, 5.74) is 4.96. The second-order valence-corrected chi connectivity index (χ2v) is 8.45. The second-order valence-electron chi connectivity index (χ2n) is 6.21. The summed E-state index contributed by atoms with van der Waals surface area (Å²) in [7, 11) is 0. The van der Waals surface area contributed by atoms with Crippen molar-refractivity contribution in [3.63, 3.8) is 0 Å². The highest BCUT2D eigenvalue weighted by Crippen LogP contribution is 2.27. The Kier molecular flexibility index (Phi) is 8.59. The molecule has 0 aliphatic rings. The summed E-state index contributed by atoms with van der Waals surface area (Å²) in [6.45, 7) is 4.18. The number of rotatable bonds is 7. The topological polar surface area (TPSA) is 76.7 Å². The lowest BCUT2D eigenvalue weighted by atomic mass is 10.2. The third kappa shape index (κ3) is 7.00. The lowest BCUT2D eigenvalue weighted by molar-refractivity contribution is -0.123. The van der Waals surface area contributed by atoms with E-state index < -0.39 is 11.8 Å². The fraction of sp³-hybridized carbons (Fsp3) is 0.263. The minimum absolute atomic E-state index is 0.298. The molecule has 9 heteroatoms. The lowest BCUT2D eigenvalue weighted by Gasteiger charge is -2.14. The van der Waals surface area contributed by atoms with E-state index >= 15 is 0 Å². The zero-order valence-corrected chi connectivity index (χ0v) is 19.2. The molecule has 0 fully saturated rings. The highest BCUT2D eigenvalue weighted by molar-refractivity contribution is 9.10. The maximum atomic E-state index is 12.4. The van der Waals surface area contributed by atoms with Gasteiger partial charge in [-0.3, -0.25) is 20.4 Å². The van der Waals surface area contributed by atoms with Crippen molar-refractivity contribution in [1.82, 2.24) is 10.9 Å². The van der Waals surface area contributed by atoms with E-state index in [4.69, 9.17) is 21.1 Å². The number of benzene rings is 2. The largest absolute Gasteiger partial charge is 0.492 e. The van der Waals surface area contributed by atoms with Gasteiger partial charge in [-0.05, 0) is 42.3 Å². The number of halogens is 3. The SMILES string of the molecule is CC(C)COc1ccc(Br)cc1C(=O)NNC(=O)COc1ccc(Br)cc1Cl. The predicted molar refractivity (Wildman–Crippen MR) is 115 cm³/mol. The number of ether oxygens (including phenoxy) is 2. The predicted octanol–water partition coefficient (Wildman–Crippen LogP) is 4.74. The normalized spacial score (nSPS) is 10.5. The molecule has 6 nitrogen and oxygen atoms in total.